The van der Waals surface area contributed by atoms with E-state index < -0.39 is 0 Å². The van der Waals surface area contributed by atoms with Gasteiger partial charge in [0.05, 0.1) is 13.2 Å². The number of rotatable bonds is 4. The lowest BCUT2D eigenvalue weighted by Gasteiger charge is -2.18. The summed E-state index contributed by atoms with van der Waals surface area (Å²) in [6.07, 6.45) is 3.14. The lowest BCUT2D eigenvalue weighted by atomic mass is 10.0. The summed E-state index contributed by atoms with van der Waals surface area (Å²) in [7, 11) is 1.54. The van der Waals surface area contributed by atoms with Crippen molar-refractivity contribution >= 4 is 5.69 Å². The summed E-state index contributed by atoms with van der Waals surface area (Å²) < 4.78 is 5.18. The molecule has 1 unspecified atom stereocenters. The van der Waals surface area contributed by atoms with E-state index in [2.05, 4.69) is 15.4 Å². The molecule has 0 aliphatic carbocycles. The summed E-state index contributed by atoms with van der Waals surface area (Å²) in [5.41, 5.74) is 10.7. The first-order chi connectivity index (χ1) is 8.77. The van der Waals surface area contributed by atoms with Crippen LogP contribution in [0.4, 0.5) is 5.69 Å². The van der Waals surface area contributed by atoms with Crippen molar-refractivity contribution in [3.63, 3.8) is 0 Å². The molecular weight excluding hydrogens is 230 g/mol. The van der Waals surface area contributed by atoms with E-state index in [1.165, 1.54) is 7.11 Å². The molecule has 0 bridgehead atoms. The molecule has 1 aromatic heterocycles. The Morgan fingerprint density at radius 1 is 1.22 bits per heavy atom. The minimum absolute atomic E-state index is 0.366. The van der Waals surface area contributed by atoms with Crippen molar-refractivity contribution in [1.82, 2.24) is 15.4 Å². The van der Waals surface area contributed by atoms with Gasteiger partial charge in [0.2, 0.25) is 5.88 Å². The fourth-order valence-corrected chi connectivity index (χ4v) is 1.78. The van der Waals surface area contributed by atoms with E-state index in [1.807, 2.05) is 24.3 Å². The molecule has 94 valence electrons. The van der Waals surface area contributed by atoms with Crippen molar-refractivity contribution in [1.29, 1.82) is 0 Å². The van der Waals surface area contributed by atoms with E-state index in [0.29, 0.717) is 17.3 Å². The molecule has 6 nitrogen and oxygen atoms in total. The molecular formula is C12H15N5O. The number of hydrogen-bond acceptors (Lipinski definition) is 6. The highest BCUT2D eigenvalue weighted by Gasteiger charge is 2.20. The number of nitrogens with one attached hydrogen (secondary N) is 1. The van der Waals surface area contributed by atoms with Gasteiger partial charge in [-0.25, -0.2) is 10.4 Å². The second-order valence-corrected chi connectivity index (χ2v) is 3.68. The summed E-state index contributed by atoms with van der Waals surface area (Å²) in [4.78, 5) is 8.35. The third kappa shape index (κ3) is 2.24. The highest BCUT2D eigenvalue weighted by molar-refractivity contribution is 5.51. The molecule has 0 amide bonds. The van der Waals surface area contributed by atoms with Crippen molar-refractivity contribution in [3.8, 4) is 5.88 Å². The first kappa shape index (κ1) is 12.3. The first-order valence-corrected chi connectivity index (χ1v) is 5.43. The zero-order valence-corrected chi connectivity index (χ0v) is 10.00. The molecule has 2 rings (SSSR count). The maximum atomic E-state index is 5.94. The van der Waals surface area contributed by atoms with Gasteiger partial charge in [-0.1, -0.05) is 18.2 Å². The number of benzene rings is 1. The monoisotopic (exact) mass is 245 g/mol. The van der Waals surface area contributed by atoms with Gasteiger partial charge in [-0.05, 0) is 11.6 Å². The number of para-hydroxylation sites is 1. The van der Waals surface area contributed by atoms with Crippen molar-refractivity contribution in [3.05, 3.63) is 47.9 Å². The molecule has 0 spiro atoms. The van der Waals surface area contributed by atoms with E-state index in [9.17, 15) is 0 Å². The molecule has 0 aliphatic rings. The van der Waals surface area contributed by atoms with Crippen LogP contribution in [0.3, 0.4) is 0 Å². The number of ether oxygens (including phenoxy) is 1. The van der Waals surface area contributed by atoms with E-state index in [1.54, 1.807) is 12.4 Å². The average molecular weight is 245 g/mol. The summed E-state index contributed by atoms with van der Waals surface area (Å²) in [6.45, 7) is 0. The zero-order valence-electron chi connectivity index (χ0n) is 10.00. The van der Waals surface area contributed by atoms with Crippen LogP contribution in [0.25, 0.3) is 0 Å². The molecule has 18 heavy (non-hydrogen) atoms. The van der Waals surface area contributed by atoms with E-state index >= 15 is 0 Å². The Morgan fingerprint density at radius 2 is 1.94 bits per heavy atom. The summed E-state index contributed by atoms with van der Waals surface area (Å²) in [5.74, 6) is 6.02. The Balaban J connectivity index is 2.49. The molecule has 6 heteroatoms. The predicted molar refractivity (Wildman–Crippen MR) is 68.6 cm³/mol. The van der Waals surface area contributed by atoms with Gasteiger partial charge in [0.1, 0.15) is 5.69 Å². The number of methoxy groups -OCH3 is 1. The van der Waals surface area contributed by atoms with Crippen molar-refractivity contribution in [2.75, 3.05) is 12.8 Å². The molecule has 5 N–H and O–H groups in total. The highest BCUT2D eigenvalue weighted by Crippen LogP contribution is 2.28. The van der Waals surface area contributed by atoms with Crippen LogP contribution < -0.4 is 21.7 Å². The van der Waals surface area contributed by atoms with Crippen molar-refractivity contribution < 1.29 is 4.74 Å². The van der Waals surface area contributed by atoms with Gasteiger partial charge in [-0.2, -0.15) is 0 Å². The number of aromatic nitrogens is 2. The van der Waals surface area contributed by atoms with Crippen LogP contribution in [0.15, 0.2) is 36.7 Å². The Morgan fingerprint density at radius 3 is 2.61 bits per heavy atom. The number of anilines is 1. The maximum absolute atomic E-state index is 5.94. The van der Waals surface area contributed by atoms with Crippen LogP contribution in [0.1, 0.15) is 17.3 Å². The van der Waals surface area contributed by atoms with Gasteiger partial charge in [0, 0.05) is 18.1 Å². The Bertz CT molecular complexity index is 531. The lowest BCUT2D eigenvalue weighted by Crippen LogP contribution is -2.30. The Hall–Kier alpha value is -2.18. The summed E-state index contributed by atoms with van der Waals surface area (Å²) >= 11 is 0. The minimum atomic E-state index is -0.366. The van der Waals surface area contributed by atoms with Crippen LogP contribution in [-0.2, 0) is 0 Å². The maximum Gasteiger partial charge on any atom is 0.237 e. The van der Waals surface area contributed by atoms with Gasteiger partial charge in [-0.15, -0.1) is 0 Å². The Labute approximate surface area is 105 Å². The topological polar surface area (TPSA) is 99.1 Å². The molecule has 0 fully saturated rings. The standard InChI is InChI=1S/C12H15N5O/c1-18-12-11(15-6-7-16-12)10(17-14)8-4-2-3-5-9(8)13/h2-7,10,17H,13-14H2,1H3. The number of nitrogens with two attached hydrogens (primary N) is 2. The lowest BCUT2D eigenvalue weighted by molar-refractivity contribution is 0.383. The fraction of sp³-hybridized carbons (Fsp3) is 0.167. The van der Waals surface area contributed by atoms with Crippen LogP contribution in [0.5, 0.6) is 5.88 Å². The van der Waals surface area contributed by atoms with Crippen LogP contribution in [-0.4, -0.2) is 17.1 Å². The van der Waals surface area contributed by atoms with Crippen LogP contribution in [0.2, 0.25) is 0 Å². The molecule has 0 saturated heterocycles. The highest BCUT2D eigenvalue weighted by atomic mass is 16.5. The van der Waals surface area contributed by atoms with E-state index in [-0.39, 0.29) is 6.04 Å². The minimum Gasteiger partial charge on any atom is -0.480 e. The van der Waals surface area contributed by atoms with Crippen LogP contribution >= 0.6 is 0 Å². The molecule has 1 heterocycles. The van der Waals surface area contributed by atoms with Gasteiger partial charge in [0.25, 0.3) is 0 Å². The number of hydrogen-bond donors (Lipinski definition) is 3. The third-order valence-electron chi connectivity index (χ3n) is 2.63. The second-order valence-electron chi connectivity index (χ2n) is 3.68. The van der Waals surface area contributed by atoms with Gasteiger partial charge < -0.3 is 10.5 Å². The average Bonchev–Trinajstić information content (AvgIpc) is 2.42. The summed E-state index contributed by atoms with van der Waals surface area (Å²) in [6, 6.07) is 7.07. The van der Waals surface area contributed by atoms with Gasteiger partial charge in [-0.3, -0.25) is 10.8 Å². The quantitative estimate of drug-likeness (QED) is 0.415. The fourth-order valence-electron chi connectivity index (χ4n) is 1.78. The molecule has 1 atom stereocenters. The zero-order chi connectivity index (χ0) is 13.0. The normalized spacial score (nSPS) is 12.1. The van der Waals surface area contributed by atoms with Gasteiger partial charge in [0.15, 0.2) is 0 Å². The van der Waals surface area contributed by atoms with Crippen molar-refractivity contribution in [2.45, 2.75) is 6.04 Å². The third-order valence-corrected chi connectivity index (χ3v) is 2.63. The van der Waals surface area contributed by atoms with Gasteiger partial charge >= 0.3 is 0 Å². The van der Waals surface area contributed by atoms with E-state index in [0.717, 1.165) is 5.56 Å². The predicted octanol–water partition coefficient (Wildman–Crippen LogP) is 0.620. The molecule has 0 aliphatic heterocycles. The summed E-state index contributed by atoms with van der Waals surface area (Å²) in [5, 5.41) is 0. The molecule has 2 aromatic rings. The first-order valence-electron chi connectivity index (χ1n) is 5.43. The van der Waals surface area contributed by atoms with E-state index in [4.69, 9.17) is 16.3 Å². The van der Waals surface area contributed by atoms with Crippen LogP contribution in [0, 0.1) is 0 Å². The van der Waals surface area contributed by atoms with Crippen molar-refractivity contribution in [2.24, 2.45) is 5.84 Å². The Kier molecular flexibility index (Phi) is 3.71. The second kappa shape index (κ2) is 5.44. The molecule has 1 aromatic carbocycles. The number of nitrogens with zero attached hydrogens (tertiary/aromatic N) is 2. The largest absolute Gasteiger partial charge is 0.480 e. The molecule has 0 radical (unpaired) electrons. The number of nitrogen functional groups attached to an aromatic ring is 1. The molecule has 0 saturated carbocycles. The SMILES string of the molecule is COc1nccnc1C(NN)c1ccccc1N. The smallest absolute Gasteiger partial charge is 0.237 e. The number of hydrazine groups is 1.